The smallest absolute Gasteiger partial charge is 0.243 e. The topological polar surface area (TPSA) is 66.5 Å². The maximum atomic E-state index is 13.5. The van der Waals surface area contributed by atoms with Gasteiger partial charge in [-0.25, -0.2) is 8.42 Å². The number of sulfonamides is 1. The van der Waals surface area contributed by atoms with Gasteiger partial charge in [-0.05, 0) is 42.2 Å². The average Bonchev–Trinajstić information content (AvgIpc) is 2.79. The van der Waals surface area contributed by atoms with Crippen molar-refractivity contribution in [1.29, 1.82) is 0 Å². The van der Waals surface area contributed by atoms with Gasteiger partial charge < -0.3 is 5.32 Å². The zero-order chi connectivity index (χ0) is 21.8. The standard InChI is InChI=1S/C25H26N2O3S/c1-19-11-13-22(14-12-19)31(29,30)27-16-15-21-9-5-6-10-23(21)24(27)17-25(28)26-18-20-7-3-2-4-8-20/h2-14,24H,15-18H2,1H3,(H,26,28)/t24-/m1/s1. The number of fused-ring (bicyclic) bond motifs is 1. The molecule has 31 heavy (non-hydrogen) atoms. The quantitative estimate of drug-likeness (QED) is 0.638. The lowest BCUT2D eigenvalue weighted by molar-refractivity contribution is -0.122. The van der Waals surface area contributed by atoms with E-state index in [1.165, 1.54) is 4.31 Å². The summed E-state index contributed by atoms with van der Waals surface area (Å²) in [7, 11) is -3.73. The fourth-order valence-electron chi connectivity index (χ4n) is 4.02. The number of hydrogen-bond acceptors (Lipinski definition) is 3. The molecule has 0 saturated heterocycles. The highest BCUT2D eigenvalue weighted by atomic mass is 32.2. The molecule has 1 atom stereocenters. The van der Waals surface area contributed by atoms with Crippen molar-refractivity contribution in [2.45, 2.75) is 37.2 Å². The van der Waals surface area contributed by atoms with E-state index in [0.29, 0.717) is 19.5 Å². The molecule has 160 valence electrons. The number of benzene rings is 3. The van der Waals surface area contributed by atoms with Gasteiger partial charge in [0.25, 0.3) is 0 Å². The van der Waals surface area contributed by atoms with Gasteiger partial charge >= 0.3 is 0 Å². The van der Waals surface area contributed by atoms with Crippen LogP contribution < -0.4 is 5.32 Å². The van der Waals surface area contributed by atoms with Crippen LogP contribution in [0.5, 0.6) is 0 Å². The van der Waals surface area contributed by atoms with Crippen LogP contribution in [-0.2, 0) is 27.8 Å². The Morgan fingerprint density at radius 2 is 1.65 bits per heavy atom. The largest absolute Gasteiger partial charge is 0.352 e. The lowest BCUT2D eigenvalue weighted by atomic mass is 9.92. The van der Waals surface area contributed by atoms with Crippen LogP contribution in [0.4, 0.5) is 0 Å². The summed E-state index contributed by atoms with van der Waals surface area (Å²) in [4.78, 5) is 13.1. The number of nitrogens with zero attached hydrogens (tertiary/aromatic N) is 1. The molecule has 3 aromatic rings. The molecule has 1 aliphatic heterocycles. The molecule has 4 rings (SSSR count). The second-order valence-electron chi connectivity index (χ2n) is 7.86. The Morgan fingerprint density at radius 3 is 2.39 bits per heavy atom. The Bertz CT molecular complexity index is 1160. The molecule has 0 radical (unpaired) electrons. The second kappa shape index (κ2) is 9.04. The minimum atomic E-state index is -3.73. The molecule has 6 heteroatoms. The molecule has 0 aliphatic carbocycles. The lowest BCUT2D eigenvalue weighted by Crippen LogP contribution is -2.42. The van der Waals surface area contributed by atoms with Gasteiger partial charge in [-0.1, -0.05) is 72.3 Å². The normalized spacial score (nSPS) is 16.5. The van der Waals surface area contributed by atoms with Crippen LogP contribution in [0, 0.1) is 6.92 Å². The van der Waals surface area contributed by atoms with Crippen LogP contribution in [0.15, 0.2) is 83.8 Å². The third-order valence-electron chi connectivity index (χ3n) is 5.70. The molecule has 0 aromatic heterocycles. The first-order valence-electron chi connectivity index (χ1n) is 10.4. The Morgan fingerprint density at radius 1 is 0.968 bits per heavy atom. The van der Waals surface area contributed by atoms with Crippen LogP contribution in [0.25, 0.3) is 0 Å². The summed E-state index contributed by atoms with van der Waals surface area (Å²) in [6.45, 7) is 2.69. The van der Waals surface area contributed by atoms with Crippen LogP contribution in [0.2, 0.25) is 0 Å². The zero-order valence-corrected chi connectivity index (χ0v) is 18.3. The van der Waals surface area contributed by atoms with Crippen molar-refractivity contribution >= 4 is 15.9 Å². The highest BCUT2D eigenvalue weighted by Gasteiger charge is 2.37. The van der Waals surface area contributed by atoms with Crippen molar-refractivity contribution in [2.24, 2.45) is 0 Å². The van der Waals surface area contributed by atoms with Crippen molar-refractivity contribution in [3.8, 4) is 0 Å². The molecule has 0 saturated carbocycles. The van der Waals surface area contributed by atoms with E-state index in [-0.39, 0.29) is 17.2 Å². The van der Waals surface area contributed by atoms with Crippen molar-refractivity contribution in [2.75, 3.05) is 6.54 Å². The van der Waals surface area contributed by atoms with Crippen LogP contribution >= 0.6 is 0 Å². The molecular weight excluding hydrogens is 408 g/mol. The fourth-order valence-corrected chi connectivity index (χ4v) is 5.62. The number of hydrogen-bond donors (Lipinski definition) is 1. The van der Waals surface area contributed by atoms with Gasteiger partial charge in [-0.2, -0.15) is 4.31 Å². The van der Waals surface area contributed by atoms with E-state index in [1.54, 1.807) is 24.3 Å². The molecule has 0 bridgehead atoms. The van der Waals surface area contributed by atoms with E-state index in [4.69, 9.17) is 0 Å². The molecule has 1 N–H and O–H groups in total. The van der Waals surface area contributed by atoms with E-state index in [2.05, 4.69) is 5.32 Å². The summed E-state index contributed by atoms with van der Waals surface area (Å²) in [6.07, 6.45) is 0.707. The molecule has 1 aliphatic rings. The van der Waals surface area contributed by atoms with Gasteiger partial charge in [0.1, 0.15) is 0 Å². The average molecular weight is 435 g/mol. The Balaban J connectivity index is 1.60. The Hall–Kier alpha value is -2.96. The predicted octanol–water partition coefficient (Wildman–Crippen LogP) is 3.99. The fraction of sp³-hybridized carbons (Fsp3) is 0.240. The maximum Gasteiger partial charge on any atom is 0.243 e. The highest BCUT2D eigenvalue weighted by Crippen LogP contribution is 2.36. The third-order valence-corrected chi connectivity index (χ3v) is 7.62. The molecule has 0 spiro atoms. The number of amides is 1. The number of carbonyl (C=O) groups excluding carboxylic acids is 1. The zero-order valence-electron chi connectivity index (χ0n) is 17.5. The summed E-state index contributed by atoms with van der Waals surface area (Å²) >= 11 is 0. The number of carbonyl (C=O) groups is 1. The van der Waals surface area contributed by atoms with E-state index < -0.39 is 16.1 Å². The van der Waals surface area contributed by atoms with Gasteiger partial charge in [-0.15, -0.1) is 0 Å². The number of rotatable bonds is 6. The van der Waals surface area contributed by atoms with Crippen LogP contribution in [-0.4, -0.2) is 25.2 Å². The van der Waals surface area contributed by atoms with Crippen molar-refractivity contribution in [1.82, 2.24) is 9.62 Å². The highest BCUT2D eigenvalue weighted by molar-refractivity contribution is 7.89. The van der Waals surface area contributed by atoms with Gasteiger partial charge in [0.15, 0.2) is 0 Å². The Kier molecular flexibility index (Phi) is 6.20. The minimum Gasteiger partial charge on any atom is -0.352 e. The van der Waals surface area contributed by atoms with E-state index in [1.807, 2.05) is 61.5 Å². The predicted molar refractivity (Wildman–Crippen MR) is 121 cm³/mol. The van der Waals surface area contributed by atoms with E-state index in [9.17, 15) is 13.2 Å². The van der Waals surface area contributed by atoms with E-state index >= 15 is 0 Å². The van der Waals surface area contributed by atoms with Gasteiger partial charge in [0.05, 0.1) is 10.9 Å². The molecular formula is C25H26N2O3S. The van der Waals surface area contributed by atoms with Crippen LogP contribution in [0.3, 0.4) is 0 Å². The first-order valence-corrected chi connectivity index (χ1v) is 11.9. The summed E-state index contributed by atoms with van der Waals surface area (Å²) in [5.41, 5.74) is 4.00. The summed E-state index contributed by atoms with van der Waals surface area (Å²) in [5, 5.41) is 2.94. The lowest BCUT2D eigenvalue weighted by Gasteiger charge is -2.36. The Labute approximate surface area is 183 Å². The molecule has 1 amide bonds. The van der Waals surface area contributed by atoms with Crippen molar-refractivity contribution in [3.63, 3.8) is 0 Å². The summed E-state index contributed by atoms with van der Waals surface area (Å²) in [6, 6.07) is 23.8. The van der Waals surface area contributed by atoms with Gasteiger partial charge in [0.2, 0.25) is 15.9 Å². The van der Waals surface area contributed by atoms with Gasteiger partial charge in [0, 0.05) is 19.5 Å². The molecule has 3 aromatic carbocycles. The number of aryl methyl sites for hydroxylation is 1. The minimum absolute atomic E-state index is 0.0783. The molecule has 0 unspecified atom stereocenters. The van der Waals surface area contributed by atoms with Crippen molar-refractivity contribution < 1.29 is 13.2 Å². The third kappa shape index (κ3) is 4.70. The molecule has 1 heterocycles. The first-order chi connectivity index (χ1) is 14.9. The molecule has 0 fully saturated rings. The monoisotopic (exact) mass is 434 g/mol. The van der Waals surface area contributed by atoms with Crippen molar-refractivity contribution in [3.05, 3.63) is 101 Å². The maximum absolute atomic E-state index is 13.5. The summed E-state index contributed by atoms with van der Waals surface area (Å²) in [5.74, 6) is -0.172. The SMILES string of the molecule is Cc1ccc(S(=O)(=O)N2CCc3ccccc3[C@H]2CC(=O)NCc2ccccc2)cc1. The second-order valence-corrected chi connectivity index (χ2v) is 9.75. The first kappa shape index (κ1) is 21.3. The summed E-state index contributed by atoms with van der Waals surface area (Å²) < 4.78 is 28.4. The molecule has 5 nitrogen and oxygen atoms in total. The van der Waals surface area contributed by atoms with E-state index in [0.717, 1.165) is 22.3 Å². The van der Waals surface area contributed by atoms with Crippen LogP contribution in [0.1, 0.15) is 34.7 Å². The van der Waals surface area contributed by atoms with Gasteiger partial charge in [-0.3, -0.25) is 4.79 Å². The number of nitrogens with one attached hydrogen (secondary N) is 1.